The van der Waals surface area contributed by atoms with Gasteiger partial charge in [0, 0.05) is 5.57 Å². The molecule has 0 aliphatic carbocycles. The summed E-state index contributed by atoms with van der Waals surface area (Å²) in [4.78, 5) is 11.5. The van der Waals surface area contributed by atoms with Crippen molar-refractivity contribution in [3.05, 3.63) is 77.4 Å². The Morgan fingerprint density at radius 3 is 2.17 bits per heavy atom. The molecule has 1 unspecified atom stereocenters. The number of hydrogen-bond donors (Lipinski definition) is 0. The normalized spacial score (nSPS) is 11.8. The van der Waals surface area contributed by atoms with E-state index >= 15 is 0 Å². The first-order valence-electron chi connectivity index (χ1n) is 8.55. The number of ether oxygens (including phenoxy) is 1. The van der Waals surface area contributed by atoms with E-state index in [-0.39, 0.29) is 5.97 Å². The van der Waals surface area contributed by atoms with Gasteiger partial charge in [0.2, 0.25) is 0 Å². The standard InChI is InChI=1S/C22H26O2/c1-5-6-18-7-11-20(12-8-18)17(4)15-19-9-13-21(14-10-19)24-22(23)16(2)3/h7-14,17H,2,5-6,15H2,1,3-4H3. The molecule has 2 rings (SSSR count). The van der Waals surface area contributed by atoms with Crippen LogP contribution in [0.3, 0.4) is 0 Å². The summed E-state index contributed by atoms with van der Waals surface area (Å²) < 4.78 is 5.22. The summed E-state index contributed by atoms with van der Waals surface area (Å²) in [6.45, 7) is 9.67. The summed E-state index contributed by atoms with van der Waals surface area (Å²) in [5.41, 5.74) is 4.39. The van der Waals surface area contributed by atoms with Gasteiger partial charge in [-0.05, 0) is 54.5 Å². The fourth-order valence-corrected chi connectivity index (χ4v) is 2.66. The third-order valence-electron chi connectivity index (χ3n) is 4.11. The molecular formula is C22H26O2. The van der Waals surface area contributed by atoms with Crippen LogP contribution in [-0.4, -0.2) is 5.97 Å². The third kappa shape index (κ3) is 5.09. The number of benzene rings is 2. The lowest BCUT2D eigenvalue weighted by Crippen LogP contribution is -2.08. The first kappa shape index (κ1) is 18.0. The van der Waals surface area contributed by atoms with Crippen molar-refractivity contribution in [3.8, 4) is 5.75 Å². The minimum atomic E-state index is -0.386. The van der Waals surface area contributed by atoms with Crippen molar-refractivity contribution >= 4 is 5.97 Å². The van der Waals surface area contributed by atoms with E-state index in [0.717, 1.165) is 12.8 Å². The highest BCUT2D eigenvalue weighted by Gasteiger charge is 2.09. The highest BCUT2D eigenvalue weighted by Crippen LogP contribution is 2.23. The van der Waals surface area contributed by atoms with Crippen LogP contribution in [0.15, 0.2) is 60.7 Å². The summed E-state index contributed by atoms with van der Waals surface area (Å²) in [6.07, 6.45) is 3.28. The molecule has 0 spiro atoms. The Bertz CT molecular complexity index is 681. The van der Waals surface area contributed by atoms with Crippen molar-refractivity contribution in [1.82, 2.24) is 0 Å². The van der Waals surface area contributed by atoms with Gasteiger partial charge >= 0.3 is 5.97 Å². The molecule has 0 N–H and O–H groups in total. The molecule has 0 heterocycles. The van der Waals surface area contributed by atoms with Gasteiger partial charge in [-0.25, -0.2) is 4.79 Å². The van der Waals surface area contributed by atoms with E-state index in [1.807, 2.05) is 24.3 Å². The Kier molecular flexibility index (Phi) is 6.36. The van der Waals surface area contributed by atoms with E-state index < -0.39 is 0 Å². The average molecular weight is 322 g/mol. The van der Waals surface area contributed by atoms with E-state index in [1.54, 1.807) is 6.92 Å². The molecule has 0 saturated carbocycles. The van der Waals surface area contributed by atoms with Gasteiger partial charge in [-0.3, -0.25) is 0 Å². The van der Waals surface area contributed by atoms with Gasteiger partial charge in [0.1, 0.15) is 5.75 Å². The molecule has 2 nitrogen and oxygen atoms in total. The summed E-state index contributed by atoms with van der Waals surface area (Å²) in [5.74, 6) is 0.621. The Balaban J connectivity index is 1.97. The largest absolute Gasteiger partial charge is 0.423 e. The van der Waals surface area contributed by atoms with Crippen molar-refractivity contribution < 1.29 is 9.53 Å². The minimum Gasteiger partial charge on any atom is -0.423 e. The van der Waals surface area contributed by atoms with Crippen LogP contribution in [0, 0.1) is 0 Å². The molecule has 2 aromatic carbocycles. The molecule has 1 atom stereocenters. The lowest BCUT2D eigenvalue weighted by molar-refractivity contribution is -0.130. The van der Waals surface area contributed by atoms with Gasteiger partial charge in [-0.1, -0.05) is 63.2 Å². The fraction of sp³-hybridized carbons (Fsp3) is 0.318. The molecule has 0 radical (unpaired) electrons. The van der Waals surface area contributed by atoms with Crippen LogP contribution in [-0.2, 0) is 17.6 Å². The number of esters is 1. The molecule has 2 heteroatoms. The smallest absolute Gasteiger partial charge is 0.338 e. The predicted octanol–water partition coefficient (Wildman–Crippen LogP) is 5.47. The van der Waals surface area contributed by atoms with E-state index in [0.29, 0.717) is 17.2 Å². The molecule has 2 aromatic rings. The number of aryl methyl sites for hydroxylation is 1. The molecule has 0 aliphatic rings. The second-order valence-corrected chi connectivity index (χ2v) is 6.41. The highest BCUT2D eigenvalue weighted by atomic mass is 16.5. The number of carbonyl (C=O) groups is 1. The van der Waals surface area contributed by atoms with Crippen LogP contribution in [0.25, 0.3) is 0 Å². The third-order valence-corrected chi connectivity index (χ3v) is 4.11. The number of hydrogen-bond acceptors (Lipinski definition) is 2. The Hall–Kier alpha value is -2.35. The maximum atomic E-state index is 11.5. The van der Waals surface area contributed by atoms with Crippen molar-refractivity contribution in [2.45, 2.75) is 46.0 Å². The van der Waals surface area contributed by atoms with Crippen LogP contribution in [0.2, 0.25) is 0 Å². The zero-order valence-electron chi connectivity index (χ0n) is 14.8. The quantitative estimate of drug-likeness (QED) is 0.384. The van der Waals surface area contributed by atoms with E-state index in [4.69, 9.17) is 4.74 Å². The van der Waals surface area contributed by atoms with E-state index in [9.17, 15) is 4.79 Å². The highest BCUT2D eigenvalue weighted by molar-refractivity contribution is 5.88. The van der Waals surface area contributed by atoms with Gasteiger partial charge in [-0.15, -0.1) is 0 Å². The zero-order chi connectivity index (χ0) is 17.5. The minimum absolute atomic E-state index is 0.386. The lowest BCUT2D eigenvalue weighted by Gasteiger charge is -2.13. The molecule has 0 fully saturated rings. The summed E-state index contributed by atoms with van der Waals surface area (Å²) in [7, 11) is 0. The summed E-state index contributed by atoms with van der Waals surface area (Å²) >= 11 is 0. The first-order valence-corrected chi connectivity index (χ1v) is 8.55. The van der Waals surface area contributed by atoms with Crippen molar-refractivity contribution in [1.29, 1.82) is 0 Å². The van der Waals surface area contributed by atoms with Crippen LogP contribution in [0.4, 0.5) is 0 Å². The van der Waals surface area contributed by atoms with E-state index in [2.05, 4.69) is 44.7 Å². The van der Waals surface area contributed by atoms with Gasteiger partial charge < -0.3 is 4.74 Å². The van der Waals surface area contributed by atoms with E-state index in [1.165, 1.54) is 23.1 Å². The van der Waals surface area contributed by atoms with Gasteiger partial charge in [0.25, 0.3) is 0 Å². The maximum Gasteiger partial charge on any atom is 0.338 e. The molecule has 0 saturated heterocycles. The SMILES string of the molecule is C=C(C)C(=O)Oc1ccc(CC(C)c2ccc(CCC)cc2)cc1. The summed E-state index contributed by atoms with van der Waals surface area (Å²) in [6, 6.07) is 16.6. The molecule has 126 valence electrons. The molecule has 0 bridgehead atoms. The Morgan fingerprint density at radius 1 is 1.04 bits per heavy atom. The second kappa shape index (κ2) is 8.49. The van der Waals surface area contributed by atoms with Crippen molar-refractivity contribution in [2.24, 2.45) is 0 Å². The summed E-state index contributed by atoms with van der Waals surface area (Å²) in [5, 5.41) is 0. The molecule has 0 aromatic heterocycles. The van der Waals surface area contributed by atoms with Crippen molar-refractivity contribution in [2.75, 3.05) is 0 Å². The van der Waals surface area contributed by atoms with Gasteiger partial charge in [0.15, 0.2) is 0 Å². The number of rotatable bonds is 7. The molecule has 0 amide bonds. The second-order valence-electron chi connectivity index (χ2n) is 6.41. The van der Waals surface area contributed by atoms with Crippen LogP contribution >= 0.6 is 0 Å². The van der Waals surface area contributed by atoms with Crippen LogP contribution in [0.5, 0.6) is 5.75 Å². The lowest BCUT2D eigenvalue weighted by atomic mass is 9.93. The zero-order valence-corrected chi connectivity index (χ0v) is 14.8. The van der Waals surface area contributed by atoms with Gasteiger partial charge in [0.05, 0.1) is 0 Å². The average Bonchev–Trinajstić information content (AvgIpc) is 2.57. The Labute approximate surface area is 145 Å². The van der Waals surface area contributed by atoms with Gasteiger partial charge in [-0.2, -0.15) is 0 Å². The molecule has 24 heavy (non-hydrogen) atoms. The Morgan fingerprint density at radius 2 is 1.62 bits per heavy atom. The number of carbonyl (C=O) groups excluding carboxylic acids is 1. The van der Waals surface area contributed by atoms with Crippen LogP contribution in [0.1, 0.15) is 49.8 Å². The predicted molar refractivity (Wildman–Crippen MR) is 99.4 cm³/mol. The first-order chi connectivity index (χ1) is 11.5. The topological polar surface area (TPSA) is 26.3 Å². The maximum absolute atomic E-state index is 11.5. The van der Waals surface area contributed by atoms with Crippen molar-refractivity contribution in [3.63, 3.8) is 0 Å². The monoisotopic (exact) mass is 322 g/mol. The molecular weight excluding hydrogens is 296 g/mol. The van der Waals surface area contributed by atoms with Crippen LogP contribution < -0.4 is 4.74 Å². The fourth-order valence-electron chi connectivity index (χ4n) is 2.66. The molecule has 0 aliphatic heterocycles.